The molecule has 1 aliphatic rings. The van der Waals surface area contributed by atoms with E-state index in [9.17, 15) is 4.79 Å². The SMILES string of the molecule is COC(=O)C1OC1c1cc(Cl)cc(Cl)c1OC. The van der Waals surface area contributed by atoms with Crippen molar-refractivity contribution in [1.82, 2.24) is 0 Å². The van der Waals surface area contributed by atoms with Gasteiger partial charge in [0.25, 0.3) is 0 Å². The summed E-state index contributed by atoms with van der Waals surface area (Å²) in [5.41, 5.74) is 0.653. The van der Waals surface area contributed by atoms with Gasteiger partial charge >= 0.3 is 5.97 Å². The van der Waals surface area contributed by atoms with Crippen molar-refractivity contribution in [3.8, 4) is 5.75 Å². The van der Waals surface area contributed by atoms with Gasteiger partial charge in [0.05, 0.1) is 19.2 Å². The molecule has 17 heavy (non-hydrogen) atoms. The summed E-state index contributed by atoms with van der Waals surface area (Å²) in [7, 11) is 2.80. The molecule has 0 saturated carbocycles. The number of halogens is 2. The first-order valence-corrected chi connectivity index (χ1v) is 5.60. The normalized spacial score (nSPS) is 22.1. The second-order valence-electron chi connectivity index (χ2n) is 3.51. The van der Waals surface area contributed by atoms with E-state index < -0.39 is 18.2 Å². The van der Waals surface area contributed by atoms with Crippen molar-refractivity contribution in [1.29, 1.82) is 0 Å². The van der Waals surface area contributed by atoms with E-state index in [1.54, 1.807) is 12.1 Å². The number of carbonyl (C=O) groups is 1. The van der Waals surface area contributed by atoms with Crippen LogP contribution in [0.4, 0.5) is 0 Å². The van der Waals surface area contributed by atoms with Crippen LogP contribution in [0.2, 0.25) is 10.0 Å². The van der Waals surface area contributed by atoms with Crippen LogP contribution in [0, 0.1) is 0 Å². The van der Waals surface area contributed by atoms with E-state index in [-0.39, 0.29) is 0 Å². The Labute approximate surface area is 108 Å². The Morgan fingerprint density at radius 1 is 1.35 bits per heavy atom. The first kappa shape index (κ1) is 12.5. The zero-order valence-electron chi connectivity index (χ0n) is 9.20. The van der Waals surface area contributed by atoms with Crippen LogP contribution in [0.3, 0.4) is 0 Å². The van der Waals surface area contributed by atoms with Gasteiger partial charge in [-0.2, -0.15) is 0 Å². The van der Waals surface area contributed by atoms with Crippen LogP contribution in [0.25, 0.3) is 0 Å². The van der Waals surface area contributed by atoms with Crippen molar-refractivity contribution in [3.63, 3.8) is 0 Å². The lowest BCUT2D eigenvalue weighted by atomic mass is 10.1. The summed E-state index contributed by atoms with van der Waals surface area (Å²) in [6, 6.07) is 3.24. The molecule has 0 aliphatic carbocycles. The lowest BCUT2D eigenvalue weighted by Crippen LogP contribution is -2.09. The van der Waals surface area contributed by atoms with E-state index in [0.717, 1.165) is 0 Å². The van der Waals surface area contributed by atoms with Gasteiger partial charge in [-0.25, -0.2) is 4.79 Å². The van der Waals surface area contributed by atoms with Crippen molar-refractivity contribution < 1.29 is 19.0 Å². The van der Waals surface area contributed by atoms with Crippen molar-refractivity contribution in [2.75, 3.05) is 14.2 Å². The van der Waals surface area contributed by atoms with Gasteiger partial charge in [-0.05, 0) is 12.1 Å². The molecule has 1 saturated heterocycles. The van der Waals surface area contributed by atoms with E-state index in [1.807, 2.05) is 0 Å². The fourth-order valence-electron chi connectivity index (χ4n) is 1.65. The number of rotatable bonds is 3. The molecule has 92 valence electrons. The maximum atomic E-state index is 11.3. The number of ether oxygens (including phenoxy) is 3. The van der Waals surface area contributed by atoms with Gasteiger partial charge in [0.2, 0.25) is 0 Å². The fourth-order valence-corrected chi connectivity index (χ4v) is 2.24. The third kappa shape index (κ3) is 2.34. The Morgan fingerprint density at radius 3 is 2.65 bits per heavy atom. The second-order valence-corrected chi connectivity index (χ2v) is 4.35. The largest absolute Gasteiger partial charge is 0.495 e. The maximum absolute atomic E-state index is 11.3. The number of hydrogen-bond donors (Lipinski definition) is 0. The van der Waals surface area contributed by atoms with Crippen LogP contribution in [-0.2, 0) is 14.3 Å². The summed E-state index contributed by atoms with van der Waals surface area (Å²) in [5.74, 6) is 0.0422. The zero-order valence-corrected chi connectivity index (χ0v) is 10.7. The smallest absolute Gasteiger partial charge is 0.338 e. The molecule has 0 aromatic heterocycles. The lowest BCUT2D eigenvalue weighted by Gasteiger charge is -2.08. The summed E-state index contributed by atoms with van der Waals surface area (Å²) in [6.07, 6.45) is -1.02. The van der Waals surface area contributed by atoms with Gasteiger partial charge in [0.15, 0.2) is 6.10 Å². The van der Waals surface area contributed by atoms with Gasteiger partial charge in [-0.1, -0.05) is 23.2 Å². The zero-order chi connectivity index (χ0) is 12.6. The molecule has 2 unspecified atom stereocenters. The molecule has 1 aromatic carbocycles. The number of carbonyl (C=O) groups excluding carboxylic acids is 1. The topological polar surface area (TPSA) is 48.1 Å². The third-order valence-corrected chi connectivity index (χ3v) is 2.97. The molecule has 0 bridgehead atoms. The number of epoxide rings is 1. The Kier molecular flexibility index (Phi) is 3.47. The maximum Gasteiger partial charge on any atom is 0.338 e. The summed E-state index contributed by atoms with van der Waals surface area (Å²) >= 11 is 11.9. The molecule has 4 nitrogen and oxygen atoms in total. The van der Waals surface area contributed by atoms with E-state index in [1.165, 1.54) is 14.2 Å². The van der Waals surface area contributed by atoms with Crippen LogP contribution in [0.1, 0.15) is 11.7 Å². The number of hydrogen-bond acceptors (Lipinski definition) is 4. The lowest BCUT2D eigenvalue weighted by molar-refractivity contribution is -0.142. The Balaban J connectivity index is 2.31. The Bertz CT molecular complexity index is 461. The van der Waals surface area contributed by atoms with E-state index in [0.29, 0.717) is 21.4 Å². The summed E-state index contributed by atoms with van der Waals surface area (Å²) in [5, 5.41) is 0.846. The molecular formula is C11H10Cl2O4. The minimum atomic E-state index is -0.608. The Hall–Kier alpha value is -0.970. The number of esters is 1. The highest BCUT2D eigenvalue weighted by Gasteiger charge is 2.49. The van der Waals surface area contributed by atoms with Gasteiger partial charge in [0.1, 0.15) is 11.9 Å². The van der Waals surface area contributed by atoms with E-state index >= 15 is 0 Å². The number of benzene rings is 1. The summed E-state index contributed by atoms with van der Waals surface area (Å²) < 4.78 is 15.0. The van der Waals surface area contributed by atoms with Gasteiger partial charge in [-0.15, -0.1) is 0 Å². The summed E-state index contributed by atoms with van der Waals surface area (Å²) in [6.45, 7) is 0. The Morgan fingerprint density at radius 2 is 2.06 bits per heavy atom. The molecule has 2 atom stereocenters. The van der Waals surface area contributed by atoms with Crippen molar-refractivity contribution in [2.24, 2.45) is 0 Å². The van der Waals surface area contributed by atoms with Crippen LogP contribution in [0.5, 0.6) is 5.75 Å². The highest BCUT2D eigenvalue weighted by Crippen LogP contribution is 2.46. The molecule has 0 N–H and O–H groups in total. The van der Waals surface area contributed by atoms with Gasteiger partial charge in [-0.3, -0.25) is 0 Å². The first-order valence-electron chi connectivity index (χ1n) is 4.84. The minimum Gasteiger partial charge on any atom is -0.495 e. The van der Waals surface area contributed by atoms with Crippen LogP contribution < -0.4 is 4.74 Å². The molecule has 0 amide bonds. The second kappa shape index (κ2) is 4.72. The van der Waals surface area contributed by atoms with Crippen LogP contribution in [-0.4, -0.2) is 26.3 Å². The molecule has 1 fully saturated rings. The van der Waals surface area contributed by atoms with Gasteiger partial charge < -0.3 is 14.2 Å². The molecule has 0 radical (unpaired) electrons. The molecule has 1 heterocycles. The van der Waals surface area contributed by atoms with Crippen molar-refractivity contribution in [2.45, 2.75) is 12.2 Å². The highest BCUT2D eigenvalue weighted by atomic mass is 35.5. The monoisotopic (exact) mass is 276 g/mol. The molecule has 6 heteroatoms. The summed E-state index contributed by atoms with van der Waals surface area (Å²) in [4.78, 5) is 11.3. The first-order chi connectivity index (χ1) is 8.08. The standard InChI is InChI=1S/C11H10Cl2O4/c1-15-8-6(3-5(12)4-7(8)13)9-10(17-9)11(14)16-2/h3-4,9-10H,1-2H3. The predicted molar refractivity (Wildman–Crippen MR) is 62.6 cm³/mol. The molecule has 0 spiro atoms. The van der Waals surface area contributed by atoms with Crippen molar-refractivity contribution in [3.05, 3.63) is 27.7 Å². The molecule has 1 aliphatic heterocycles. The predicted octanol–water partition coefficient (Wildman–Crippen LogP) is 2.61. The van der Waals surface area contributed by atoms with Crippen LogP contribution >= 0.6 is 23.2 Å². The van der Waals surface area contributed by atoms with Gasteiger partial charge in [0, 0.05) is 10.6 Å². The third-order valence-electron chi connectivity index (χ3n) is 2.47. The molecular weight excluding hydrogens is 267 g/mol. The highest BCUT2D eigenvalue weighted by molar-refractivity contribution is 6.35. The van der Waals surface area contributed by atoms with Crippen molar-refractivity contribution >= 4 is 29.2 Å². The molecule has 2 rings (SSSR count). The van der Waals surface area contributed by atoms with E-state index in [2.05, 4.69) is 4.74 Å². The molecule has 1 aromatic rings. The average Bonchev–Trinajstić information content (AvgIpc) is 3.07. The van der Waals surface area contributed by atoms with Crippen LogP contribution in [0.15, 0.2) is 12.1 Å². The minimum absolute atomic E-state index is 0.383. The van der Waals surface area contributed by atoms with E-state index in [4.69, 9.17) is 32.7 Å². The number of methoxy groups -OCH3 is 2. The quantitative estimate of drug-likeness (QED) is 0.629. The fraction of sp³-hybridized carbons (Fsp3) is 0.364. The average molecular weight is 277 g/mol.